The lowest BCUT2D eigenvalue weighted by molar-refractivity contribution is 0.157. The molecule has 0 bridgehead atoms. The minimum atomic E-state index is 0.826. The van der Waals surface area contributed by atoms with Crippen molar-refractivity contribution in [3.05, 3.63) is 0 Å². The maximum absolute atomic E-state index is 5.26. The molecule has 11 heavy (non-hydrogen) atoms. The van der Waals surface area contributed by atoms with Crippen LogP contribution in [0.4, 0.5) is 0 Å². The van der Waals surface area contributed by atoms with Crippen molar-refractivity contribution in [1.82, 2.24) is 4.90 Å². The minimum absolute atomic E-state index is 0.826. The predicted molar refractivity (Wildman–Crippen MR) is 48.2 cm³/mol. The Morgan fingerprint density at radius 3 is 2.36 bits per heavy atom. The summed E-state index contributed by atoms with van der Waals surface area (Å²) in [6.07, 6.45) is 6.62. The van der Waals surface area contributed by atoms with Gasteiger partial charge in [0.15, 0.2) is 0 Å². The van der Waals surface area contributed by atoms with Crippen LogP contribution in [0.3, 0.4) is 0 Å². The Labute approximate surface area is 69.8 Å². The van der Waals surface area contributed by atoms with E-state index >= 15 is 0 Å². The smallest absolute Gasteiger partial charge is 0.0599 e. The zero-order chi connectivity index (χ0) is 8.27. The summed E-state index contributed by atoms with van der Waals surface area (Å²) in [7, 11) is 0. The van der Waals surface area contributed by atoms with E-state index in [9.17, 15) is 0 Å². The molecular weight excluding hydrogens is 134 g/mol. The van der Waals surface area contributed by atoms with Crippen LogP contribution >= 0.6 is 0 Å². The molecule has 2 atom stereocenters. The maximum atomic E-state index is 5.26. The molecule has 62 valence electrons. The van der Waals surface area contributed by atoms with Gasteiger partial charge in [-0.1, -0.05) is 19.8 Å². The molecule has 1 nitrogen and oxygen atoms in total. The molecular formula is C10H17N. The molecule has 0 N–H and O–H groups in total. The standard InChI is InChI=1S/C10H17N/c1-4-5-11-7-9(2)6-10(3)8-11/h1,9-10H,5-8H2,2-3H3/t9-,10+. The zero-order valence-corrected chi connectivity index (χ0v) is 7.51. The molecule has 0 aliphatic carbocycles. The second kappa shape index (κ2) is 3.78. The van der Waals surface area contributed by atoms with E-state index in [4.69, 9.17) is 6.42 Å². The number of nitrogens with zero attached hydrogens (tertiary/aromatic N) is 1. The second-order valence-electron chi connectivity index (χ2n) is 3.84. The minimum Gasteiger partial charge on any atom is -0.292 e. The Balaban J connectivity index is 2.38. The molecule has 1 rings (SSSR count). The highest BCUT2D eigenvalue weighted by Crippen LogP contribution is 2.19. The van der Waals surface area contributed by atoms with Crippen molar-refractivity contribution >= 4 is 0 Å². The van der Waals surface area contributed by atoms with E-state index in [1.807, 2.05) is 0 Å². The van der Waals surface area contributed by atoms with Crippen LogP contribution in [0.2, 0.25) is 0 Å². The largest absolute Gasteiger partial charge is 0.292 e. The molecule has 0 aromatic heterocycles. The van der Waals surface area contributed by atoms with Crippen LogP contribution in [0.1, 0.15) is 20.3 Å². The summed E-state index contributed by atoms with van der Waals surface area (Å²) in [5.41, 5.74) is 0. The molecule has 0 unspecified atom stereocenters. The summed E-state index contributed by atoms with van der Waals surface area (Å²) in [5, 5.41) is 0. The highest BCUT2D eigenvalue weighted by molar-refractivity contribution is 4.90. The third-order valence-electron chi connectivity index (χ3n) is 2.26. The first kappa shape index (κ1) is 8.62. The lowest BCUT2D eigenvalue weighted by atomic mass is 9.92. The third kappa shape index (κ3) is 2.55. The number of hydrogen-bond donors (Lipinski definition) is 0. The zero-order valence-electron chi connectivity index (χ0n) is 7.51. The molecule has 0 aromatic rings. The van der Waals surface area contributed by atoms with E-state index in [2.05, 4.69) is 24.7 Å². The fourth-order valence-electron chi connectivity index (χ4n) is 2.05. The summed E-state index contributed by atoms with van der Waals surface area (Å²) in [5.74, 6) is 4.36. The van der Waals surface area contributed by atoms with E-state index in [1.165, 1.54) is 19.5 Å². The Kier molecular flexibility index (Phi) is 2.96. The van der Waals surface area contributed by atoms with Crippen LogP contribution in [0, 0.1) is 24.2 Å². The normalized spacial score (nSPS) is 33.2. The summed E-state index contributed by atoms with van der Waals surface area (Å²) < 4.78 is 0. The van der Waals surface area contributed by atoms with Crippen LogP contribution in [0.15, 0.2) is 0 Å². The third-order valence-corrected chi connectivity index (χ3v) is 2.26. The van der Waals surface area contributed by atoms with Crippen LogP contribution in [0.25, 0.3) is 0 Å². The van der Waals surface area contributed by atoms with Gasteiger partial charge in [0, 0.05) is 13.1 Å². The van der Waals surface area contributed by atoms with E-state index in [0.29, 0.717) is 0 Å². The van der Waals surface area contributed by atoms with Crippen molar-refractivity contribution in [3.8, 4) is 12.3 Å². The lowest BCUT2D eigenvalue weighted by Gasteiger charge is -2.33. The molecule has 0 amide bonds. The van der Waals surface area contributed by atoms with Gasteiger partial charge in [-0.05, 0) is 18.3 Å². The van der Waals surface area contributed by atoms with Gasteiger partial charge in [0.2, 0.25) is 0 Å². The molecule has 1 aliphatic rings. The molecule has 0 spiro atoms. The van der Waals surface area contributed by atoms with E-state index in [0.717, 1.165) is 18.4 Å². The molecule has 1 heterocycles. The van der Waals surface area contributed by atoms with Gasteiger partial charge in [-0.15, -0.1) is 6.42 Å². The fourth-order valence-corrected chi connectivity index (χ4v) is 2.05. The Hall–Kier alpha value is -0.480. The van der Waals surface area contributed by atoms with Crippen molar-refractivity contribution in [2.24, 2.45) is 11.8 Å². The summed E-state index contributed by atoms with van der Waals surface area (Å²) >= 11 is 0. The van der Waals surface area contributed by atoms with Gasteiger partial charge in [-0.3, -0.25) is 4.90 Å². The number of rotatable bonds is 1. The first-order valence-electron chi connectivity index (χ1n) is 4.38. The Bertz CT molecular complexity index is 147. The molecule has 0 aromatic carbocycles. The van der Waals surface area contributed by atoms with Crippen molar-refractivity contribution in [2.75, 3.05) is 19.6 Å². The van der Waals surface area contributed by atoms with Crippen molar-refractivity contribution in [1.29, 1.82) is 0 Å². The SMILES string of the molecule is C#CCN1C[C@H](C)C[C@H](C)C1. The highest BCUT2D eigenvalue weighted by atomic mass is 15.1. The van der Waals surface area contributed by atoms with Gasteiger partial charge in [0.25, 0.3) is 0 Å². The van der Waals surface area contributed by atoms with Crippen LogP contribution in [-0.4, -0.2) is 24.5 Å². The summed E-state index contributed by atoms with van der Waals surface area (Å²) in [6.45, 7) is 7.82. The van der Waals surface area contributed by atoms with Crippen LogP contribution < -0.4 is 0 Å². The first-order valence-corrected chi connectivity index (χ1v) is 4.38. The summed E-state index contributed by atoms with van der Waals surface area (Å²) in [4.78, 5) is 2.37. The average Bonchev–Trinajstić information content (AvgIpc) is 1.85. The second-order valence-corrected chi connectivity index (χ2v) is 3.84. The number of terminal acetylenes is 1. The van der Waals surface area contributed by atoms with E-state index in [1.54, 1.807) is 0 Å². The molecule has 1 heteroatoms. The number of hydrogen-bond acceptors (Lipinski definition) is 1. The Morgan fingerprint density at radius 1 is 1.36 bits per heavy atom. The van der Waals surface area contributed by atoms with Crippen LogP contribution in [0.5, 0.6) is 0 Å². The molecule has 0 saturated carbocycles. The van der Waals surface area contributed by atoms with E-state index in [-0.39, 0.29) is 0 Å². The molecule has 1 fully saturated rings. The molecule has 1 saturated heterocycles. The lowest BCUT2D eigenvalue weighted by Crippen LogP contribution is -2.38. The topological polar surface area (TPSA) is 3.24 Å². The van der Waals surface area contributed by atoms with Gasteiger partial charge >= 0.3 is 0 Å². The van der Waals surface area contributed by atoms with Gasteiger partial charge in [-0.2, -0.15) is 0 Å². The Morgan fingerprint density at radius 2 is 1.91 bits per heavy atom. The molecule has 1 aliphatic heterocycles. The first-order chi connectivity index (χ1) is 5.22. The van der Waals surface area contributed by atoms with Crippen molar-refractivity contribution < 1.29 is 0 Å². The summed E-state index contributed by atoms with van der Waals surface area (Å²) in [6, 6.07) is 0. The van der Waals surface area contributed by atoms with Gasteiger partial charge in [0.05, 0.1) is 6.54 Å². The monoisotopic (exact) mass is 151 g/mol. The highest BCUT2D eigenvalue weighted by Gasteiger charge is 2.20. The quantitative estimate of drug-likeness (QED) is 0.514. The molecule has 0 radical (unpaired) electrons. The number of piperidine rings is 1. The average molecular weight is 151 g/mol. The van der Waals surface area contributed by atoms with Crippen molar-refractivity contribution in [3.63, 3.8) is 0 Å². The van der Waals surface area contributed by atoms with E-state index < -0.39 is 0 Å². The predicted octanol–water partition coefficient (Wildman–Crippen LogP) is 1.60. The van der Waals surface area contributed by atoms with Crippen LogP contribution in [-0.2, 0) is 0 Å². The van der Waals surface area contributed by atoms with Gasteiger partial charge < -0.3 is 0 Å². The van der Waals surface area contributed by atoms with Gasteiger partial charge in [-0.25, -0.2) is 0 Å². The van der Waals surface area contributed by atoms with Gasteiger partial charge in [0.1, 0.15) is 0 Å². The maximum Gasteiger partial charge on any atom is 0.0599 e. The fraction of sp³-hybridized carbons (Fsp3) is 0.800. The number of likely N-dealkylation sites (tertiary alicyclic amines) is 1. The van der Waals surface area contributed by atoms with Crippen molar-refractivity contribution in [2.45, 2.75) is 20.3 Å².